The van der Waals surface area contributed by atoms with Crippen molar-refractivity contribution >= 4 is 53.4 Å². The number of aliphatic carboxylic acids is 1. The number of aromatic hydroxyl groups is 1. The minimum absolute atomic E-state index is 0.0469. The van der Waals surface area contributed by atoms with E-state index in [0.717, 1.165) is 5.01 Å². The van der Waals surface area contributed by atoms with Crippen LogP contribution in [0, 0.1) is 11.8 Å². The number of H-pyrrole nitrogens is 1. The lowest BCUT2D eigenvalue weighted by atomic mass is 9.98. The number of amides is 8. The monoisotopic (exact) mass is 955 g/mol. The number of rotatable bonds is 25. The molecule has 14 N–H and O–H groups in total. The summed E-state index contributed by atoms with van der Waals surface area (Å²) < 4.78 is 0. The highest BCUT2D eigenvalue weighted by molar-refractivity contribution is 5.97. The van der Waals surface area contributed by atoms with Gasteiger partial charge in [-0.3, -0.25) is 39.2 Å². The summed E-state index contributed by atoms with van der Waals surface area (Å²) in [6, 6.07) is -2.96. The minimum atomic E-state index is -1.39. The predicted octanol–water partition coefficient (Wildman–Crippen LogP) is -1.29. The van der Waals surface area contributed by atoms with Crippen molar-refractivity contribution in [1.82, 2.24) is 57.2 Å². The molecule has 0 spiro atoms. The minimum Gasteiger partial charge on any atom is -0.508 e. The Balaban J connectivity index is 1.90. The Labute approximate surface area is 395 Å². The van der Waals surface area contributed by atoms with E-state index in [4.69, 9.17) is 11.5 Å². The van der Waals surface area contributed by atoms with Gasteiger partial charge in [-0.1, -0.05) is 46.2 Å². The van der Waals surface area contributed by atoms with E-state index in [2.05, 4.69) is 52.3 Å². The van der Waals surface area contributed by atoms with E-state index in [1.165, 1.54) is 29.6 Å². The molecule has 2 heterocycles. The summed E-state index contributed by atoms with van der Waals surface area (Å²) in [6.45, 7) is 10.3. The van der Waals surface area contributed by atoms with E-state index >= 15 is 0 Å². The summed E-state index contributed by atoms with van der Waals surface area (Å²) in [5.41, 5.74) is 14.4. The normalized spacial score (nSPS) is 16.0. The maximum atomic E-state index is 14.4. The first-order valence-corrected chi connectivity index (χ1v) is 22.8. The fourth-order valence-electron chi connectivity index (χ4n) is 7.39. The molecule has 3 rings (SSSR count). The molecule has 1 aromatic heterocycles. The van der Waals surface area contributed by atoms with Gasteiger partial charge < -0.3 is 63.5 Å². The van der Waals surface area contributed by atoms with Gasteiger partial charge in [0, 0.05) is 43.9 Å². The number of guanidine groups is 1. The molecule has 1 saturated heterocycles. The standard InChI is InChI=1S/C44H70N14O10/c1-8-26(6)36(42(66)67)55-39(63)33-12-10-18-57(33)41(65)32(20-28-21-48-23-50-28)52-40(64)35(24(2)3)54-37(61)31(19-27-13-15-29(59)16-14-27)53-44(68)58(25(4)5)56-38(62)30(51-34(60)22-47-7)11-9-17-49-43(45)46/h13-16,21,23-26,30-33,35-36,47,59H,8-12,17-20,22H2,1-7H3,(H,48,50)(H,51,60)(H,52,64)(H,53,68)(H,54,61)(H,55,63)(H,56,62)(H,66,67)(H4,45,46,49)/t26-,30-,31-,32-,33-,35-,36-/m0/s1. The van der Waals surface area contributed by atoms with Crippen LogP contribution in [0.25, 0.3) is 0 Å². The number of hydrogen-bond donors (Lipinski definition) is 12. The van der Waals surface area contributed by atoms with Gasteiger partial charge in [0.25, 0.3) is 5.91 Å². The smallest absolute Gasteiger partial charge is 0.337 e. The second kappa shape index (κ2) is 27.0. The molecule has 1 aliphatic rings. The average molecular weight is 955 g/mol. The van der Waals surface area contributed by atoms with Gasteiger partial charge in [0.05, 0.1) is 12.9 Å². The Morgan fingerprint density at radius 2 is 1.57 bits per heavy atom. The number of nitrogens with one attached hydrogen (secondary N) is 8. The fraction of sp³-hybridized carbons (Fsp3) is 0.591. The maximum absolute atomic E-state index is 14.4. The molecule has 2 aromatic rings. The zero-order chi connectivity index (χ0) is 50.7. The van der Waals surface area contributed by atoms with Crippen molar-refractivity contribution in [3.05, 3.63) is 48.0 Å². The number of likely N-dealkylation sites (tertiary alicyclic amines) is 1. The van der Waals surface area contributed by atoms with E-state index in [9.17, 15) is 48.6 Å². The number of phenolic OH excluding ortho intramolecular Hbond substituents is 1. The number of urea groups is 1. The van der Waals surface area contributed by atoms with Crippen LogP contribution in [0.2, 0.25) is 0 Å². The number of carboxylic acids is 1. The molecule has 68 heavy (non-hydrogen) atoms. The summed E-state index contributed by atoms with van der Waals surface area (Å²) in [4.78, 5) is 121. The number of aliphatic imine (C=N–C) groups is 1. The van der Waals surface area contributed by atoms with Crippen LogP contribution in [-0.4, -0.2) is 152 Å². The third-order valence-electron chi connectivity index (χ3n) is 11.3. The Morgan fingerprint density at radius 3 is 2.15 bits per heavy atom. The molecule has 1 aromatic carbocycles. The van der Waals surface area contributed by atoms with Crippen molar-refractivity contribution < 1.29 is 48.6 Å². The van der Waals surface area contributed by atoms with Crippen LogP contribution in [0.5, 0.6) is 5.75 Å². The molecule has 24 nitrogen and oxygen atoms in total. The lowest BCUT2D eigenvalue weighted by molar-refractivity contribution is -0.146. The van der Waals surface area contributed by atoms with Gasteiger partial charge in [-0.15, -0.1) is 0 Å². The molecular formula is C44H70N14O10. The van der Waals surface area contributed by atoms with Gasteiger partial charge in [0.2, 0.25) is 29.5 Å². The molecule has 8 amide bonds. The number of hydrogen-bond acceptors (Lipinski definition) is 12. The molecule has 0 radical (unpaired) electrons. The highest BCUT2D eigenvalue weighted by Gasteiger charge is 2.41. The van der Waals surface area contributed by atoms with Gasteiger partial charge in [-0.05, 0) is 76.1 Å². The number of carbonyl (C=O) groups is 8. The average Bonchev–Trinajstić information content (AvgIpc) is 4.00. The number of carboxylic acid groups (broad SMARTS) is 1. The number of nitrogens with two attached hydrogens (primary N) is 2. The Kier molecular flexibility index (Phi) is 22.0. The number of hydrazine groups is 1. The van der Waals surface area contributed by atoms with Crippen molar-refractivity contribution in [2.45, 2.75) is 129 Å². The first-order valence-electron chi connectivity index (χ1n) is 22.8. The molecule has 0 aliphatic carbocycles. The van der Waals surface area contributed by atoms with Crippen molar-refractivity contribution in [3.63, 3.8) is 0 Å². The zero-order valence-corrected chi connectivity index (χ0v) is 39.8. The molecular weight excluding hydrogens is 885 g/mol. The van der Waals surface area contributed by atoms with Crippen LogP contribution in [0.1, 0.15) is 84.9 Å². The van der Waals surface area contributed by atoms with E-state index < -0.39 is 95.7 Å². The maximum Gasteiger partial charge on any atom is 0.337 e. The quantitative estimate of drug-likeness (QED) is 0.0239. The zero-order valence-electron chi connectivity index (χ0n) is 39.8. The van der Waals surface area contributed by atoms with Crippen LogP contribution in [0.15, 0.2) is 41.8 Å². The first kappa shape index (κ1) is 55.3. The van der Waals surface area contributed by atoms with Crippen molar-refractivity contribution in [3.8, 4) is 5.75 Å². The fourth-order valence-corrected chi connectivity index (χ4v) is 7.39. The summed E-state index contributed by atoms with van der Waals surface area (Å²) in [7, 11) is 1.56. The topological polar surface area (TPSA) is 361 Å². The predicted molar refractivity (Wildman–Crippen MR) is 250 cm³/mol. The summed E-state index contributed by atoms with van der Waals surface area (Å²) in [5, 5.41) is 36.8. The Hall–Kier alpha value is -6.98. The Morgan fingerprint density at radius 1 is 0.882 bits per heavy atom. The number of aromatic nitrogens is 2. The molecule has 376 valence electrons. The van der Waals surface area contributed by atoms with Crippen molar-refractivity contribution in [2.75, 3.05) is 26.7 Å². The molecule has 24 heteroatoms. The number of likely N-dealkylation sites (N-methyl/N-ethyl adjacent to an activating group) is 1. The van der Waals surface area contributed by atoms with E-state index in [1.54, 1.807) is 60.7 Å². The number of carbonyl (C=O) groups excluding carboxylic acids is 7. The number of phenols is 1. The number of nitrogens with zero attached hydrogens (tertiary/aromatic N) is 4. The van der Waals surface area contributed by atoms with E-state index in [-0.39, 0.29) is 62.9 Å². The van der Waals surface area contributed by atoms with Crippen molar-refractivity contribution in [1.29, 1.82) is 0 Å². The first-order chi connectivity index (χ1) is 32.2. The molecule has 0 unspecified atom stereocenters. The van der Waals surface area contributed by atoms with Crippen LogP contribution < -0.4 is 48.8 Å². The third-order valence-corrected chi connectivity index (χ3v) is 11.3. The SMILES string of the molecule is CC[C@H](C)[C@H](NC(=O)[C@@H]1CCCN1C(=O)[C@H](Cc1cnc[nH]1)NC(=O)[C@@H](NC(=O)[C@H](Cc1ccc(O)cc1)NC(=O)N(NC(=O)[C@H](CCCN=C(N)N)NC(=O)CNC)C(C)C)C(C)C)C(=O)O. The van der Waals surface area contributed by atoms with Crippen LogP contribution in [0.4, 0.5) is 4.79 Å². The van der Waals surface area contributed by atoms with E-state index in [1.807, 2.05) is 0 Å². The number of benzene rings is 1. The Bertz CT molecular complexity index is 2040. The second-order valence-electron chi connectivity index (χ2n) is 17.4. The molecule has 0 saturated carbocycles. The number of imidazole rings is 1. The van der Waals surface area contributed by atoms with Crippen LogP contribution >= 0.6 is 0 Å². The summed E-state index contributed by atoms with van der Waals surface area (Å²) >= 11 is 0. The largest absolute Gasteiger partial charge is 0.508 e. The van der Waals surface area contributed by atoms with Gasteiger partial charge in [-0.2, -0.15) is 0 Å². The van der Waals surface area contributed by atoms with Crippen LogP contribution in [0.3, 0.4) is 0 Å². The highest BCUT2D eigenvalue weighted by Crippen LogP contribution is 2.21. The second-order valence-corrected chi connectivity index (χ2v) is 17.4. The van der Waals surface area contributed by atoms with Crippen LogP contribution in [-0.2, 0) is 46.4 Å². The van der Waals surface area contributed by atoms with Gasteiger partial charge in [-0.25, -0.2) is 19.6 Å². The molecule has 7 atom stereocenters. The molecule has 1 aliphatic heterocycles. The molecule has 0 bridgehead atoms. The van der Waals surface area contributed by atoms with Gasteiger partial charge in [0.15, 0.2) is 5.96 Å². The summed E-state index contributed by atoms with van der Waals surface area (Å²) in [5.74, 6) is -6.40. The van der Waals surface area contributed by atoms with E-state index in [0.29, 0.717) is 30.5 Å². The third kappa shape index (κ3) is 17.0. The highest BCUT2D eigenvalue weighted by atomic mass is 16.4. The van der Waals surface area contributed by atoms with Gasteiger partial charge in [0.1, 0.15) is 42.0 Å². The van der Waals surface area contributed by atoms with Crippen molar-refractivity contribution in [2.24, 2.45) is 28.3 Å². The number of aromatic amines is 1. The summed E-state index contributed by atoms with van der Waals surface area (Å²) in [6.07, 6.45) is 4.24. The molecule has 1 fully saturated rings. The lowest BCUT2D eigenvalue weighted by Gasteiger charge is -2.32. The lowest BCUT2D eigenvalue weighted by Crippen LogP contribution is -2.63. The van der Waals surface area contributed by atoms with Gasteiger partial charge >= 0.3 is 12.0 Å².